The van der Waals surface area contributed by atoms with E-state index in [2.05, 4.69) is 20.0 Å². The van der Waals surface area contributed by atoms with Crippen LogP contribution >= 0.6 is 0 Å². The molecule has 186 valence electrons. The van der Waals surface area contributed by atoms with E-state index in [1.807, 2.05) is 0 Å². The molecule has 0 radical (unpaired) electrons. The highest BCUT2D eigenvalue weighted by Gasteiger charge is 2.32. The van der Waals surface area contributed by atoms with Gasteiger partial charge in [-0.1, -0.05) is 18.2 Å². The molecule has 0 bridgehead atoms. The van der Waals surface area contributed by atoms with Crippen LogP contribution in [0.1, 0.15) is 27.2 Å². The van der Waals surface area contributed by atoms with Gasteiger partial charge in [-0.25, -0.2) is 4.39 Å². The van der Waals surface area contributed by atoms with E-state index in [1.54, 1.807) is 42.6 Å². The average molecular weight is 499 g/mol. The molecule has 1 atom stereocenters. The van der Waals surface area contributed by atoms with Crippen LogP contribution < -0.4 is 10.1 Å². The summed E-state index contributed by atoms with van der Waals surface area (Å²) in [5.74, 6) is -1.52. The molecule has 0 saturated carbocycles. The van der Waals surface area contributed by atoms with Crippen molar-refractivity contribution in [2.24, 2.45) is 4.99 Å². The maximum atomic E-state index is 13.3. The predicted octanol–water partition coefficient (Wildman–Crippen LogP) is 4.34. The molecule has 1 aliphatic rings. The Kier molecular flexibility index (Phi) is 7.44. The summed E-state index contributed by atoms with van der Waals surface area (Å²) in [6.07, 6.45) is -1.44. The predicted molar refractivity (Wildman–Crippen MR) is 125 cm³/mol. The fraction of sp³-hybridized carbons (Fsp3) is 0.192. The monoisotopic (exact) mass is 499 g/mol. The van der Waals surface area contributed by atoms with Crippen LogP contribution in [0, 0.1) is 5.82 Å². The molecule has 10 heteroatoms. The lowest BCUT2D eigenvalue weighted by molar-refractivity contribution is -0.274. The van der Waals surface area contributed by atoms with Gasteiger partial charge in [-0.05, 0) is 59.7 Å². The summed E-state index contributed by atoms with van der Waals surface area (Å²) in [4.78, 5) is 21.7. The fourth-order valence-corrected chi connectivity index (χ4v) is 3.75. The minimum absolute atomic E-state index is 0.0550. The van der Waals surface area contributed by atoms with E-state index in [1.165, 1.54) is 18.2 Å². The Balaban J connectivity index is 1.63. The van der Waals surface area contributed by atoms with Crippen LogP contribution in [-0.2, 0) is 6.42 Å². The standard InChI is InChI=1S/C26H21F4N3O3/c27-18-6-4-16(5-7-18)17-11-24(32-14-17)23-13-21(36-26(28,29)30)8-9-22(23)25(35)33-20(15-34)12-19-3-1-2-10-31-19/h1-11,13,20,34H,12,14-15H2,(H,33,35)/t20-/m1/s1. The molecule has 1 amide bonds. The van der Waals surface area contributed by atoms with E-state index >= 15 is 0 Å². The molecule has 0 fully saturated rings. The summed E-state index contributed by atoms with van der Waals surface area (Å²) >= 11 is 0. The molecule has 0 saturated heterocycles. The third-order valence-electron chi connectivity index (χ3n) is 5.43. The molecule has 2 aromatic carbocycles. The van der Waals surface area contributed by atoms with Crippen molar-refractivity contribution in [3.63, 3.8) is 0 Å². The van der Waals surface area contributed by atoms with Gasteiger partial charge in [0.05, 0.1) is 24.9 Å². The number of halogens is 4. The van der Waals surface area contributed by atoms with Gasteiger partial charge in [0.25, 0.3) is 5.91 Å². The number of rotatable bonds is 8. The summed E-state index contributed by atoms with van der Waals surface area (Å²) < 4.78 is 55.9. The van der Waals surface area contributed by atoms with E-state index in [9.17, 15) is 27.5 Å². The van der Waals surface area contributed by atoms with E-state index in [0.717, 1.165) is 12.1 Å². The van der Waals surface area contributed by atoms with Gasteiger partial charge in [-0.2, -0.15) is 0 Å². The van der Waals surface area contributed by atoms with Crippen molar-refractivity contribution in [3.05, 3.63) is 101 Å². The number of hydrogen-bond acceptors (Lipinski definition) is 5. The number of aliphatic hydroxyl groups is 1. The van der Waals surface area contributed by atoms with Crippen molar-refractivity contribution < 1.29 is 32.2 Å². The molecule has 1 aromatic heterocycles. The van der Waals surface area contributed by atoms with Gasteiger partial charge >= 0.3 is 6.36 Å². The largest absolute Gasteiger partial charge is 0.573 e. The second-order valence-corrected chi connectivity index (χ2v) is 8.01. The van der Waals surface area contributed by atoms with Crippen molar-refractivity contribution in [2.45, 2.75) is 18.8 Å². The lowest BCUT2D eigenvalue weighted by Crippen LogP contribution is -2.39. The zero-order valence-corrected chi connectivity index (χ0v) is 18.8. The topological polar surface area (TPSA) is 83.8 Å². The van der Waals surface area contributed by atoms with Gasteiger partial charge in [0, 0.05) is 29.4 Å². The Morgan fingerprint density at radius 2 is 1.89 bits per heavy atom. The summed E-state index contributed by atoms with van der Waals surface area (Å²) in [6.45, 7) is -0.173. The van der Waals surface area contributed by atoms with Crippen molar-refractivity contribution in [1.82, 2.24) is 10.3 Å². The number of ether oxygens (including phenoxy) is 1. The van der Waals surface area contributed by atoms with Crippen molar-refractivity contribution in [2.75, 3.05) is 13.2 Å². The zero-order chi connectivity index (χ0) is 25.7. The normalized spacial score (nSPS) is 14.1. The van der Waals surface area contributed by atoms with E-state index in [4.69, 9.17) is 0 Å². The van der Waals surface area contributed by atoms with Crippen LogP contribution in [0.25, 0.3) is 5.57 Å². The number of amides is 1. The lowest BCUT2D eigenvalue weighted by Gasteiger charge is -2.18. The van der Waals surface area contributed by atoms with Crippen LogP contribution in [0.5, 0.6) is 5.75 Å². The number of pyridine rings is 1. The first-order valence-corrected chi connectivity index (χ1v) is 10.9. The summed E-state index contributed by atoms with van der Waals surface area (Å²) in [5.41, 5.74) is 2.51. The number of carbonyl (C=O) groups is 1. The number of benzene rings is 2. The van der Waals surface area contributed by atoms with Gasteiger partial charge in [-0.15, -0.1) is 13.2 Å². The second-order valence-electron chi connectivity index (χ2n) is 8.01. The number of alkyl halides is 3. The number of aliphatic imine (C=N–C) groups is 1. The second kappa shape index (κ2) is 10.7. The lowest BCUT2D eigenvalue weighted by atomic mass is 9.99. The highest BCUT2D eigenvalue weighted by molar-refractivity contribution is 6.19. The van der Waals surface area contributed by atoms with Crippen molar-refractivity contribution in [3.8, 4) is 5.75 Å². The first kappa shape index (κ1) is 25.1. The van der Waals surface area contributed by atoms with Gasteiger partial charge in [-0.3, -0.25) is 14.8 Å². The minimum Gasteiger partial charge on any atom is -0.406 e. The molecule has 0 spiro atoms. The summed E-state index contributed by atoms with van der Waals surface area (Å²) in [6, 6.07) is 13.7. The molecular weight excluding hydrogens is 478 g/mol. The maximum absolute atomic E-state index is 13.3. The number of carbonyl (C=O) groups excluding carboxylic acids is 1. The Morgan fingerprint density at radius 3 is 2.56 bits per heavy atom. The van der Waals surface area contributed by atoms with Gasteiger partial charge in [0.2, 0.25) is 0 Å². The number of nitrogens with zero attached hydrogens (tertiary/aromatic N) is 2. The molecule has 6 nitrogen and oxygen atoms in total. The Hall–Kier alpha value is -4.05. The van der Waals surface area contributed by atoms with E-state index in [-0.39, 0.29) is 36.4 Å². The average Bonchev–Trinajstić information content (AvgIpc) is 3.34. The Morgan fingerprint density at radius 1 is 1.11 bits per heavy atom. The molecule has 4 rings (SSSR count). The van der Waals surface area contributed by atoms with E-state index < -0.39 is 29.9 Å². The molecule has 1 aliphatic heterocycles. The van der Waals surface area contributed by atoms with E-state index in [0.29, 0.717) is 16.8 Å². The van der Waals surface area contributed by atoms with Crippen molar-refractivity contribution in [1.29, 1.82) is 0 Å². The van der Waals surface area contributed by atoms with Gasteiger partial charge in [0.15, 0.2) is 0 Å². The maximum Gasteiger partial charge on any atom is 0.573 e. The van der Waals surface area contributed by atoms with Crippen molar-refractivity contribution >= 4 is 17.2 Å². The van der Waals surface area contributed by atoms with Crippen LogP contribution in [0.4, 0.5) is 17.6 Å². The Bertz CT molecular complexity index is 1290. The number of nitrogens with one attached hydrogen (secondary N) is 1. The SMILES string of the molecule is O=C(N[C@@H](CO)Cc1ccccn1)c1ccc(OC(F)(F)F)cc1C1=NCC(c2ccc(F)cc2)=C1. The quantitative estimate of drug-likeness (QED) is 0.452. The fourth-order valence-electron chi connectivity index (χ4n) is 3.75. The number of allylic oxidation sites excluding steroid dienone is 1. The van der Waals surface area contributed by atoms with Crippen LogP contribution in [0.3, 0.4) is 0 Å². The molecule has 0 unspecified atom stereocenters. The van der Waals surface area contributed by atoms with Crippen LogP contribution in [0.2, 0.25) is 0 Å². The highest BCUT2D eigenvalue weighted by atomic mass is 19.4. The van der Waals surface area contributed by atoms with Gasteiger partial charge < -0.3 is 15.2 Å². The summed E-state index contributed by atoms with van der Waals surface area (Å²) in [7, 11) is 0. The van der Waals surface area contributed by atoms with Gasteiger partial charge in [0.1, 0.15) is 11.6 Å². The third kappa shape index (κ3) is 6.33. The summed E-state index contributed by atoms with van der Waals surface area (Å²) in [5, 5.41) is 12.5. The Labute approximate surface area is 204 Å². The minimum atomic E-state index is -4.92. The zero-order valence-electron chi connectivity index (χ0n) is 18.8. The molecule has 36 heavy (non-hydrogen) atoms. The molecular formula is C26H21F4N3O3. The first-order valence-electron chi connectivity index (χ1n) is 10.9. The third-order valence-corrected chi connectivity index (χ3v) is 5.43. The number of aromatic nitrogens is 1. The molecule has 2 heterocycles. The molecule has 3 aromatic rings. The van der Waals surface area contributed by atoms with Crippen LogP contribution in [0.15, 0.2) is 77.9 Å². The number of aliphatic hydroxyl groups excluding tert-OH is 1. The van der Waals surface area contributed by atoms with Crippen LogP contribution in [-0.4, -0.2) is 47.3 Å². The molecule has 2 N–H and O–H groups in total. The smallest absolute Gasteiger partial charge is 0.406 e. The first-order chi connectivity index (χ1) is 17.2. The highest BCUT2D eigenvalue weighted by Crippen LogP contribution is 2.29. The molecule has 0 aliphatic carbocycles. The number of hydrogen-bond donors (Lipinski definition) is 2.